The zero-order valence-electron chi connectivity index (χ0n) is 15.5. The molecular formula is C19H21N3O5S. The highest BCUT2D eigenvalue weighted by Crippen LogP contribution is 2.19. The molecule has 2 N–H and O–H groups in total. The van der Waals surface area contributed by atoms with E-state index in [0.29, 0.717) is 17.7 Å². The predicted molar refractivity (Wildman–Crippen MR) is 107 cm³/mol. The van der Waals surface area contributed by atoms with E-state index in [0.717, 1.165) is 0 Å². The van der Waals surface area contributed by atoms with Crippen molar-refractivity contribution in [3.63, 3.8) is 0 Å². The number of hydrogen-bond donors (Lipinski definition) is 2. The number of hydrogen-bond acceptors (Lipinski definition) is 5. The van der Waals surface area contributed by atoms with Gasteiger partial charge in [0.25, 0.3) is 5.69 Å². The molecule has 0 aliphatic heterocycles. The van der Waals surface area contributed by atoms with Crippen molar-refractivity contribution in [1.29, 1.82) is 0 Å². The Kier molecular flexibility index (Phi) is 7.02. The lowest BCUT2D eigenvalue weighted by molar-refractivity contribution is -0.385. The highest BCUT2D eigenvalue weighted by molar-refractivity contribution is 7.89. The summed E-state index contributed by atoms with van der Waals surface area (Å²) in [6.45, 7) is 3.65. The minimum absolute atomic E-state index is 0.0984. The average Bonchev–Trinajstić information content (AvgIpc) is 2.66. The summed E-state index contributed by atoms with van der Waals surface area (Å²) in [5.41, 5.74) is 0.606. The van der Waals surface area contributed by atoms with Crippen LogP contribution in [0.15, 0.2) is 59.5 Å². The molecule has 0 heterocycles. The van der Waals surface area contributed by atoms with E-state index in [-0.39, 0.29) is 16.6 Å². The molecule has 1 unspecified atom stereocenters. The van der Waals surface area contributed by atoms with Crippen LogP contribution in [0.2, 0.25) is 0 Å². The monoisotopic (exact) mass is 403 g/mol. The molecule has 148 valence electrons. The van der Waals surface area contributed by atoms with Gasteiger partial charge in [-0.2, -0.15) is 0 Å². The molecule has 28 heavy (non-hydrogen) atoms. The third-order valence-corrected chi connectivity index (χ3v) is 5.55. The molecule has 0 saturated heterocycles. The molecule has 0 saturated carbocycles. The van der Waals surface area contributed by atoms with E-state index in [1.165, 1.54) is 48.6 Å². The Labute approximate surface area is 163 Å². The summed E-state index contributed by atoms with van der Waals surface area (Å²) in [7, 11) is -3.62. The number of nitrogens with one attached hydrogen (secondary N) is 2. The van der Waals surface area contributed by atoms with E-state index in [9.17, 15) is 23.3 Å². The zero-order chi connectivity index (χ0) is 20.7. The number of rotatable bonds is 8. The van der Waals surface area contributed by atoms with Crippen LogP contribution in [-0.2, 0) is 14.8 Å². The summed E-state index contributed by atoms with van der Waals surface area (Å²) in [5.74, 6) is -0.494. The third kappa shape index (κ3) is 5.73. The van der Waals surface area contributed by atoms with Gasteiger partial charge in [-0.3, -0.25) is 14.9 Å². The summed E-state index contributed by atoms with van der Waals surface area (Å²) in [6, 6.07) is 11.6. The molecule has 0 spiro atoms. The fourth-order valence-electron chi connectivity index (χ4n) is 2.28. The largest absolute Gasteiger partial charge is 0.323 e. The number of sulfonamides is 1. The third-order valence-electron chi connectivity index (χ3n) is 3.95. The molecule has 0 bridgehead atoms. The Morgan fingerprint density at radius 1 is 1.18 bits per heavy atom. The van der Waals surface area contributed by atoms with Gasteiger partial charge in [-0.1, -0.05) is 19.1 Å². The normalized spacial score (nSPS) is 12.6. The molecule has 2 aromatic rings. The van der Waals surface area contributed by atoms with Crippen molar-refractivity contribution in [3.05, 3.63) is 70.3 Å². The lowest BCUT2D eigenvalue weighted by Crippen LogP contribution is -2.31. The van der Waals surface area contributed by atoms with E-state index < -0.39 is 20.9 Å². The fraction of sp³-hybridized carbons (Fsp3) is 0.211. The van der Waals surface area contributed by atoms with Crippen LogP contribution in [-0.4, -0.2) is 25.3 Å². The standard InChI is InChI=1S/C19H21N3O5S/c1-3-14(2)21-28(26,27)17-11-9-16(10-12-17)20-19(23)13-8-15-6-4-5-7-18(15)22(24)25/h4-14,21H,3H2,1-2H3,(H,20,23)/b13-8+. The highest BCUT2D eigenvalue weighted by Gasteiger charge is 2.16. The summed E-state index contributed by atoms with van der Waals surface area (Å²) in [5, 5.41) is 13.6. The Bertz CT molecular complexity index is 985. The van der Waals surface area contributed by atoms with E-state index in [1.807, 2.05) is 6.92 Å². The first-order valence-electron chi connectivity index (χ1n) is 8.58. The van der Waals surface area contributed by atoms with Crippen LogP contribution in [0, 0.1) is 10.1 Å². The van der Waals surface area contributed by atoms with Crippen molar-refractivity contribution < 1.29 is 18.1 Å². The second kappa shape index (κ2) is 9.25. The van der Waals surface area contributed by atoms with Crippen LogP contribution in [0.3, 0.4) is 0 Å². The molecule has 1 amide bonds. The number of nitro groups is 1. The molecule has 1 atom stereocenters. The van der Waals surface area contributed by atoms with E-state index in [1.54, 1.807) is 19.1 Å². The minimum Gasteiger partial charge on any atom is -0.323 e. The molecular weight excluding hydrogens is 382 g/mol. The molecule has 8 nitrogen and oxygen atoms in total. The van der Waals surface area contributed by atoms with Crippen molar-refractivity contribution in [1.82, 2.24) is 4.72 Å². The van der Waals surface area contributed by atoms with Crippen molar-refractivity contribution in [2.45, 2.75) is 31.2 Å². The average molecular weight is 403 g/mol. The van der Waals surface area contributed by atoms with Gasteiger partial charge < -0.3 is 5.32 Å². The van der Waals surface area contributed by atoms with Gasteiger partial charge in [-0.05, 0) is 49.8 Å². The van der Waals surface area contributed by atoms with Gasteiger partial charge in [0.1, 0.15) is 0 Å². The van der Waals surface area contributed by atoms with Crippen LogP contribution >= 0.6 is 0 Å². The van der Waals surface area contributed by atoms with Gasteiger partial charge in [0.15, 0.2) is 0 Å². The zero-order valence-corrected chi connectivity index (χ0v) is 16.3. The minimum atomic E-state index is -3.62. The first kappa shape index (κ1) is 21.3. The highest BCUT2D eigenvalue weighted by atomic mass is 32.2. The summed E-state index contributed by atoms with van der Waals surface area (Å²) in [6.07, 6.45) is 3.19. The van der Waals surface area contributed by atoms with Gasteiger partial charge in [0, 0.05) is 23.9 Å². The van der Waals surface area contributed by atoms with E-state index in [2.05, 4.69) is 10.0 Å². The number of benzene rings is 2. The summed E-state index contributed by atoms with van der Waals surface area (Å²) in [4.78, 5) is 22.6. The molecule has 0 aliphatic rings. The van der Waals surface area contributed by atoms with Gasteiger partial charge in [-0.25, -0.2) is 13.1 Å². The number of carbonyl (C=O) groups excluding carboxylic acids is 1. The van der Waals surface area contributed by atoms with Crippen LogP contribution in [0.5, 0.6) is 0 Å². The topological polar surface area (TPSA) is 118 Å². The van der Waals surface area contributed by atoms with Crippen LogP contribution in [0.1, 0.15) is 25.8 Å². The van der Waals surface area contributed by atoms with E-state index in [4.69, 9.17) is 0 Å². The number of anilines is 1. The van der Waals surface area contributed by atoms with Crippen LogP contribution in [0.25, 0.3) is 6.08 Å². The fourth-order valence-corrected chi connectivity index (χ4v) is 3.60. The lowest BCUT2D eigenvalue weighted by Gasteiger charge is -2.12. The van der Waals surface area contributed by atoms with Crippen LogP contribution < -0.4 is 10.0 Å². The molecule has 9 heteroatoms. The Morgan fingerprint density at radius 3 is 2.43 bits per heavy atom. The van der Waals surface area contributed by atoms with Crippen molar-refractivity contribution >= 4 is 33.4 Å². The van der Waals surface area contributed by atoms with Gasteiger partial charge in [-0.15, -0.1) is 0 Å². The van der Waals surface area contributed by atoms with E-state index >= 15 is 0 Å². The van der Waals surface area contributed by atoms with Gasteiger partial charge in [0.05, 0.1) is 15.4 Å². The Morgan fingerprint density at radius 2 is 1.82 bits per heavy atom. The second-order valence-electron chi connectivity index (χ2n) is 6.09. The lowest BCUT2D eigenvalue weighted by atomic mass is 10.1. The molecule has 0 radical (unpaired) electrons. The van der Waals surface area contributed by atoms with Crippen LogP contribution in [0.4, 0.5) is 11.4 Å². The van der Waals surface area contributed by atoms with Crippen molar-refractivity contribution in [2.75, 3.05) is 5.32 Å². The van der Waals surface area contributed by atoms with Gasteiger partial charge in [0.2, 0.25) is 15.9 Å². The Balaban J connectivity index is 2.06. The number of carbonyl (C=O) groups is 1. The molecule has 2 aromatic carbocycles. The molecule has 0 aliphatic carbocycles. The first-order chi connectivity index (χ1) is 13.2. The SMILES string of the molecule is CCC(C)NS(=O)(=O)c1ccc(NC(=O)/C=C/c2ccccc2[N+](=O)[O-])cc1. The van der Waals surface area contributed by atoms with Crippen molar-refractivity contribution in [2.24, 2.45) is 0 Å². The molecule has 2 rings (SSSR count). The second-order valence-corrected chi connectivity index (χ2v) is 7.81. The number of nitrogens with zero attached hydrogens (tertiary/aromatic N) is 1. The smallest absolute Gasteiger partial charge is 0.276 e. The van der Waals surface area contributed by atoms with Gasteiger partial charge >= 0.3 is 0 Å². The maximum Gasteiger partial charge on any atom is 0.276 e. The summed E-state index contributed by atoms with van der Waals surface area (Å²) >= 11 is 0. The first-order valence-corrected chi connectivity index (χ1v) is 10.1. The molecule has 0 aromatic heterocycles. The maximum absolute atomic E-state index is 12.2. The quantitative estimate of drug-likeness (QED) is 0.398. The number of amides is 1. The predicted octanol–water partition coefficient (Wildman–Crippen LogP) is 3.32. The van der Waals surface area contributed by atoms with Crippen molar-refractivity contribution in [3.8, 4) is 0 Å². The summed E-state index contributed by atoms with van der Waals surface area (Å²) < 4.78 is 27.0. The number of para-hydroxylation sites is 1. The number of nitro benzene ring substituents is 1. The molecule has 0 fully saturated rings. The maximum atomic E-state index is 12.2. The Hall–Kier alpha value is -3.04.